The van der Waals surface area contributed by atoms with Gasteiger partial charge in [-0.2, -0.15) is 9.19 Å². The second-order valence-electron chi connectivity index (χ2n) is 7.16. The summed E-state index contributed by atoms with van der Waals surface area (Å²) in [4.78, 5) is 0. The van der Waals surface area contributed by atoms with E-state index in [-0.39, 0.29) is 18.2 Å². The number of hydrogen-bond donors (Lipinski definition) is 1. The molecule has 0 fully saturated rings. The normalized spacial score (nSPS) is 17.1. The van der Waals surface area contributed by atoms with Gasteiger partial charge in [-0.1, -0.05) is 42.3 Å². The number of nitrogens with one attached hydrogen (secondary N) is 1. The maximum Gasteiger partial charge on any atom is 0.187 e. The first-order valence-corrected chi connectivity index (χ1v) is 10.7. The topological polar surface area (TPSA) is 29.9 Å². The van der Waals surface area contributed by atoms with E-state index in [4.69, 9.17) is 0 Å². The van der Waals surface area contributed by atoms with Crippen LogP contribution in [0.1, 0.15) is 55.6 Å². The van der Waals surface area contributed by atoms with Gasteiger partial charge in [0.05, 0.1) is 11.4 Å². The van der Waals surface area contributed by atoms with Gasteiger partial charge in [-0.05, 0) is 50.7 Å². The minimum Gasteiger partial charge on any atom is -0.354 e. The van der Waals surface area contributed by atoms with Crippen LogP contribution in [0.2, 0.25) is 0 Å². The Bertz CT molecular complexity index is 863. The molecule has 1 N–H and O–H groups in total. The van der Waals surface area contributed by atoms with Crippen LogP contribution in [0.25, 0.3) is 5.70 Å². The van der Waals surface area contributed by atoms with Crippen LogP contribution in [-0.2, 0) is 12.8 Å². The first-order chi connectivity index (χ1) is 12.9. The van der Waals surface area contributed by atoms with Gasteiger partial charge in [0.1, 0.15) is 11.5 Å². The highest BCUT2D eigenvalue weighted by atomic mass is 79.9. The third-order valence-electron chi connectivity index (χ3n) is 5.02. The van der Waals surface area contributed by atoms with Gasteiger partial charge < -0.3 is 5.32 Å². The Balaban J connectivity index is 2.06. The lowest BCUT2D eigenvalue weighted by Crippen LogP contribution is -2.13. The molecule has 0 saturated heterocycles. The third-order valence-corrected chi connectivity index (χ3v) is 5.91. The number of allylic oxidation sites excluding steroid dienone is 1. The minimum atomic E-state index is -0.276. The Morgan fingerprint density at radius 2 is 2.26 bits per heavy atom. The van der Waals surface area contributed by atoms with Crippen molar-refractivity contribution in [3.8, 4) is 0 Å². The number of fused-ring (bicyclic) bond motifs is 1. The van der Waals surface area contributed by atoms with Gasteiger partial charge in [0.25, 0.3) is 0 Å². The SMILES string of the molecule is CCC/C=C(/Nc1cc(Br)cc(F)c1C)c1nn(SF)c2c1CC(C)CC2. The number of rotatable bonds is 6. The zero-order chi connectivity index (χ0) is 19.6. The Morgan fingerprint density at radius 3 is 2.96 bits per heavy atom. The van der Waals surface area contributed by atoms with Crippen molar-refractivity contribution in [3.05, 3.63) is 51.0 Å². The maximum absolute atomic E-state index is 14.2. The maximum atomic E-state index is 14.2. The Morgan fingerprint density at radius 1 is 1.48 bits per heavy atom. The summed E-state index contributed by atoms with van der Waals surface area (Å²) in [6.45, 7) is 6.06. The molecule has 0 saturated carbocycles. The van der Waals surface area contributed by atoms with Crippen molar-refractivity contribution >= 4 is 39.6 Å². The molecule has 1 aliphatic carbocycles. The Kier molecular flexibility index (Phi) is 6.63. The molecule has 3 nitrogen and oxygen atoms in total. The van der Waals surface area contributed by atoms with E-state index in [1.165, 1.54) is 10.2 Å². The number of unbranched alkanes of at least 4 members (excludes halogenated alkanes) is 1. The fourth-order valence-electron chi connectivity index (χ4n) is 3.45. The van der Waals surface area contributed by atoms with E-state index in [1.807, 2.05) is 6.07 Å². The van der Waals surface area contributed by atoms with E-state index in [1.54, 1.807) is 6.92 Å². The van der Waals surface area contributed by atoms with E-state index < -0.39 is 0 Å². The van der Waals surface area contributed by atoms with E-state index in [0.717, 1.165) is 54.8 Å². The highest BCUT2D eigenvalue weighted by Gasteiger charge is 2.27. The fourth-order valence-corrected chi connectivity index (χ4v) is 4.28. The molecule has 7 heteroatoms. The smallest absolute Gasteiger partial charge is 0.187 e. The second-order valence-corrected chi connectivity index (χ2v) is 8.55. The average molecular weight is 456 g/mol. The molecule has 1 atom stereocenters. The molecule has 1 heterocycles. The van der Waals surface area contributed by atoms with Crippen molar-refractivity contribution in [2.45, 2.75) is 52.9 Å². The molecular weight excluding hydrogens is 432 g/mol. The molecule has 1 aliphatic rings. The zero-order valence-corrected chi connectivity index (χ0v) is 18.2. The molecule has 1 aromatic carbocycles. The van der Waals surface area contributed by atoms with E-state index in [2.05, 4.69) is 46.3 Å². The predicted molar refractivity (Wildman–Crippen MR) is 113 cm³/mol. The van der Waals surface area contributed by atoms with Gasteiger partial charge in [-0.15, -0.1) is 3.89 Å². The van der Waals surface area contributed by atoms with Crippen molar-refractivity contribution in [1.29, 1.82) is 0 Å². The summed E-state index contributed by atoms with van der Waals surface area (Å²) >= 11 is 3.50. The van der Waals surface area contributed by atoms with Crippen molar-refractivity contribution in [1.82, 2.24) is 9.19 Å². The van der Waals surface area contributed by atoms with Crippen LogP contribution in [0.15, 0.2) is 22.7 Å². The van der Waals surface area contributed by atoms with Crippen LogP contribution >= 0.6 is 28.3 Å². The number of nitrogens with zero attached hydrogens (tertiary/aromatic N) is 2. The molecule has 0 bridgehead atoms. The number of aromatic nitrogens is 2. The molecule has 0 spiro atoms. The van der Waals surface area contributed by atoms with E-state index in [9.17, 15) is 8.28 Å². The average Bonchev–Trinajstić information content (AvgIpc) is 3.00. The molecule has 2 aromatic rings. The highest BCUT2D eigenvalue weighted by molar-refractivity contribution is 9.10. The van der Waals surface area contributed by atoms with Crippen LogP contribution in [0.4, 0.5) is 14.0 Å². The Labute approximate surface area is 172 Å². The van der Waals surface area contributed by atoms with Crippen LogP contribution in [0.3, 0.4) is 0 Å². The molecular formula is C20H24BrF2N3S. The monoisotopic (exact) mass is 455 g/mol. The zero-order valence-electron chi connectivity index (χ0n) is 15.8. The summed E-state index contributed by atoms with van der Waals surface area (Å²) < 4.78 is 29.7. The molecule has 27 heavy (non-hydrogen) atoms. The van der Waals surface area contributed by atoms with Crippen molar-refractivity contribution in [2.24, 2.45) is 5.92 Å². The van der Waals surface area contributed by atoms with E-state index in [0.29, 0.717) is 21.6 Å². The van der Waals surface area contributed by atoms with Crippen molar-refractivity contribution in [3.63, 3.8) is 0 Å². The van der Waals surface area contributed by atoms with Gasteiger partial charge in [0.2, 0.25) is 0 Å². The standard InChI is InChI=1S/C20H24BrF2N3S/c1-4-5-6-17(24-18-11-14(21)10-16(22)13(18)3)20-15-9-12(2)7-8-19(15)26(25-20)27-23/h6,10-12,24H,4-5,7-9H2,1-3H3/b17-6+. The lowest BCUT2D eigenvalue weighted by molar-refractivity contribution is 0.495. The quantitative estimate of drug-likeness (QED) is 0.516. The molecule has 3 rings (SSSR count). The van der Waals surface area contributed by atoms with Crippen LogP contribution in [0, 0.1) is 18.7 Å². The van der Waals surface area contributed by atoms with Crippen LogP contribution in [0.5, 0.6) is 0 Å². The molecule has 0 amide bonds. The van der Waals surface area contributed by atoms with E-state index >= 15 is 0 Å². The third kappa shape index (κ3) is 4.40. The molecule has 146 valence electrons. The predicted octanol–water partition coefficient (Wildman–Crippen LogP) is 6.85. The lowest BCUT2D eigenvalue weighted by atomic mass is 9.87. The number of hydrogen-bond acceptors (Lipinski definition) is 3. The van der Waals surface area contributed by atoms with Gasteiger partial charge in [-0.3, -0.25) is 0 Å². The van der Waals surface area contributed by atoms with Gasteiger partial charge >= 0.3 is 0 Å². The van der Waals surface area contributed by atoms with Gasteiger partial charge in [0.15, 0.2) is 12.3 Å². The Hall–Kier alpha value is -1.34. The van der Waals surface area contributed by atoms with Crippen molar-refractivity contribution in [2.75, 3.05) is 5.32 Å². The summed E-state index contributed by atoms with van der Waals surface area (Å²) in [5.41, 5.74) is 4.87. The largest absolute Gasteiger partial charge is 0.354 e. The van der Waals surface area contributed by atoms with Gasteiger partial charge in [0, 0.05) is 21.3 Å². The van der Waals surface area contributed by atoms with Crippen molar-refractivity contribution < 1.29 is 8.28 Å². The number of anilines is 1. The van der Waals surface area contributed by atoms with Gasteiger partial charge in [-0.25, -0.2) is 4.39 Å². The molecule has 1 aromatic heterocycles. The first-order valence-electron chi connectivity index (χ1n) is 9.27. The lowest BCUT2D eigenvalue weighted by Gasteiger charge is -2.20. The summed E-state index contributed by atoms with van der Waals surface area (Å²) in [6, 6.07) is 3.31. The molecule has 0 radical (unpaired) electrons. The molecule has 1 unspecified atom stereocenters. The number of halogens is 3. The minimum absolute atomic E-state index is 0.144. The summed E-state index contributed by atoms with van der Waals surface area (Å²) in [5.74, 6) is 0.262. The fraction of sp³-hybridized carbons (Fsp3) is 0.450. The summed E-state index contributed by atoms with van der Waals surface area (Å²) in [7, 11) is 0. The summed E-state index contributed by atoms with van der Waals surface area (Å²) in [5, 5.41) is 7.90. The summed E-state index contributed by atoms with van der Waals surface area (Å²) in [6.07, 6.45) is 6.66. The highest BCUT2D eigenvalue weighted by Crippen LogP contribution is 2.35. The van der Waals surface area contributed by atoms with Crippen LogP contribution < -0.4 is 5.32 Å². The number of benzene rings is 1. The second kappa shape index (κ2) is 8.78. The molecule has 0 aliphatic heterocycles. The first kappa shape index (κ1) is 20.4. The van der Waals surface area contributed by atoms with Crippen LogP contribution in [-0.4, -0.2) is 9.19 Å².